The molecular formula is C22H26F3N3O. The van der Waals surface area contributed by atoms with Crippen molar-refractivity contribution in [3.05, 3.63) is 64.5 Å². The minimum absolute atomic E-state index is 0.0373. The summed E-state index contributed by atoms with van der Waals surface area (Å²) in [5.41, 5.74) is 2.62. The lowest BCUT2D eigenvalue weighted by Gasteiger charge is -2.27. The van der Waals surface area contributed by atoms with Gasteiger partial charge in [-0.1, -0.05) is 26.0 Å². The number of carbonyl (C=O) groups is 1. The molecule has 0 radical (unpaired) electrons. The van der Waals surface area contributed by atoms with E-state index in [9.17, 15) is 18.0 Å². The highest BCUT2D eigenvalue weighted by Gasteiger charge is 2.35. The Balaban J connectivity index is 1.81. The van der Waals surface area contributed by atoms with Crippen LogP contribution in [-0.2, 0) is 19.3 Å². The van der Waals surface area contributed by atoms with Crippen LogP contribution < -0.4 is 5.32 Å². The highest BCUT2D eigenvalue weighted by molar-refractivity contribution is 5.94. The SMILES string of the molecule is CC(C)NC(=O)c1cnc2c(c1)CN(Cc1ccc(C(F)(F)F)cc1)[C@H]2C(C)C. The molecule has 0 fully saturated rings. The highest BCUT2D eigenvalue weighted by Crippen LogP contribution is 2.39. The fourth-order valence-corrected chi connectivity index (χ4v) is 3.80. The second kappa shape index (κ2) is 8.14. The maximum Gasteiger partial charge on any atom is 0.416 e. The van der Waals surface area contributed by atoms with Crippen molar-refractivity contribution in [1.82, 2.24) is 15.2 Å². The van der Waals surface area contributed by atoms with Gasteiger partial charge in [0.2, 0.25) is 0 Å². The van der Waals surface area contributed by atoms with E-state index in [4.69, 9.17) is 0 Å². The van der Waals surface area contributed by atoms with Crippen molar-refractivity contribution in [1.29, 1.82) is 0 Å². The lowest BCUT2D eigenvalue weighted by Crippen LogP contribution is -2.30. The molecular weight excluding hydrogens is 379 g/mol. The third-order valence-corrected chi connectivity index (χ3v) is 5.03. The van der Waals surface area contributed by atoms with Crippen molar-refractivity contribution in [3.8, 4) is 0 Å². The van der Waals surface area contributed by atoms with Crippen LogP contribution in [0.5, 0.6) is 0 Å². The maximum absolute atomic E-state index is 12.8. The van der Waals surface area contributed by atoms with Crippen molar-refractivity contribution in [3.63, 3.8) is 0 Å². The topological polar surface area (TPSA) is 45.2 Å². The van der Waals surface area contributed by atoms with Crippen molar-refractivity contribution >= 4 is 5.91 Å². The Morgan fingerprint density at radius 2 is 1.86 bits per heavy atom. The summed E-state index contributed by atoms with van der Waals surface area (Å²) < 4.78 is 38.4. The molecule has 1 atom stereocenters. The molecule has 0 saturated carbocycles. The number of benzene rings is 1. The smallest absolute Gasteiger partial charge is 0.350 e. The van der Waals surface area contributed by atoms with Crippen LogP contribution in [-0.4, -0.2) is 21.8 Å². The molecule has 0 unspecified atom stereocenters. The summed E-state index contributed by atoms with van der Waals surface area (Å²) >= 11 is 0. The average molecular weight is 405 g/mol. The molecule has 1 aromatic heterocycles. The van der Waals surface area contributed by atoms with Crippen LogP contribution in [0.25, 0.3) is 0 Å². The molecule has 4 nitrogen and oxygen atoms in total. The molecule has 0 bridgehead atoms. The van der Waals surface area contributed by atoms with Gasteiger partial charge in [0.1, 0.15) is 0 Å². The first-order valence-corrected chi connectivity index (χ1v) is 9.76. The van der Waals surface area contributed by atoms with Gasteiger partial charge in [0.05, 0.1) is 22.9 Å². The molecule has 7 heteroatoms. The van der Waals surface area contributed by atoms with Crippen LogP contribution in [0.15, 0.2) is 36.5 Å². The van der Waals surface area contributed by atoms with Gasteiger partial charge in [-0.15, -0.1) is 0 Å². The fourth-order valence-electron chi connectivity index (χ4n) is 3.80. The van der Waals surface area contributed by atoms with E-state index < -0.39 is 11.7 Å². The van der Waals surface area contributed by atoms with Crippen LogP contribution in [0.1, 0.15) is 66.5 Å². The van der Waals surface area contributed by atoms with Gasteiger partial charge in [0.25, 0.3) is 5.91 Å². The predicted octanol–water partition coefficient (Wildman–Crippen LogP) is 4.95. The van der Waals surface area contributed by atoms with Crippen molar-refractivity contribution < 1.29 is 18.0 Å². The molecule has 1 N–H and O–H groups in total. The Hall–Kier alpha value is -2.41. The number of aromatic nitrogens is 1. The minimum Gasteiger partial charge on any atom is -0.350 e. The molecule has 0 aliphatic carbocycles. The van der Waals surface area contributed by atoms with E-state index in [1.54, 1.807) is 6.20 Å². The second-order valence-corrected chi connectivity index (χ2v) is 8.19. The number of halogens is 3. The lowest BCUT2D eigenvalue weighted by molar-refractivity contribution is -0.137. The van der Waals surface area contributed by atoms with Gasteiger partial charge < -0.3 is 5.32 Å². The van der Waals surface area contributed by atoms with Gasteiger partial charge >= 0.3 is 6.18 Å². The predicted molar refractivity (Wildman–Crippen MR) is 105 cm³/mol. The van der Waals surface area contributed by atoms with E-state index in [2.05, 4.69) is 29.0 Å². The molecule has 2 heterocycles. The van der Waals surface area contributed by atoms with Crippen LogP contribution >= 0.6 is 0 Å². The highest BCUT2D eigenvalue weighted by atomic mass is 19.4. The van der Waals surface area contributed by atoms with E-state index in [0.29, 0.717) is 18.7 Å². The number of hydrogen-bond acceptors (Lipinski definition) is 3. The van der Waals surface area contributed by atoms with Gasteiger partial charge in [-0.3, -0.25) is 14.7 Å². The van der Waals surface area contributed by atoms with Crippen molar-refractivity contribution in [2.45, 2.75) is 59.0 Å². The van der Waals surface area contributed by atoms with Gasteiger partial charge in [0.15, 0.2) is 0 Å². The first-order chi connectivity index (χ1) is 13.6. The zero-order valence-electron chi connectivity index (χ0n) is 17.0. The van der Waals surface area contributed by atoms with Gasteiger partial charge in [-0.2, -0.15) is 13.2 Å². The number of nitrogens with one attached hydrogen (secondary N) is 1. The number of rotatable bonds is 5. The quantitative estimate of drug-likeness (QED) is 0.765. The molecule has 1 aromatic carbocycles. The fraction of sp³-hybridized carbons (Fsp3) is 0.455. The van der Waals surface area contributed by atoms with E-state index in [1.165, 1.54) is 12.1 Å². The summed E-state index contributed by atoms with van der Waals surface area (Å²) in [6.45, 7) is 9.12. The first-order valence-electron chi connectivity index (χ1n) is 9.76. The number of fused-ring (bicyclic) bond motifs is 1. The van der Waals surface area contributed by atoms with Crippen molar-refractivity contribution in [2.24, 2.45) is 5.92 Å². The monoisotopic (exact) mass is 405 g/mol. The van der Waals surface area contributed by atoms with E-state index in [0.717, 1.165) is 29.0 Å². The van der Waals surface area contributed by atoms with E-state index >= 15 is 0 Å². The zero-order chi connectivity index (χ0) is 21.3. The summed E-state index contributed by atoms with van der Waals surface area (Å²) in [5, 5.41) is 2.87. The largest absolute Gasteiger partial charge is 0.416 e. The molecule has 29 heavy (non-hydrogen) atoms. The number of carbonyl (C=O) groups excluding carboxylic acids is 1. The molecule has 0 saturated heterocycles. The third-order valence-electron chi connectivity index (χ3n) is 5.03. The minimum atomic E-state index is -4.33. The van der Waals surface area contributed by atoms with E-state index in [1.807, 2.05) is 19.9 Å². The van der Waals surface area contributed by atoms with E-state index in [-0.39, 0.29) is 23.9 Å². The molecule has 2 aromatic rings. The number of hydrogen-bond donors (Lipinski definition) is 1. The van der Waals surface area contributed by atoms with Gasteiger partial charge in [-0.05, 0) is 49.1 Å². The summed E-state index contributed by atoms with van der Waals surface area (Å²) in [4.78, 5) is 19.1. The Morgan fingerprint density at radius 1 is 1.21 bits per heavy atom. The molecule has 1 amide bonds. The summed E-state index contributed by atoms with van der Waals surface area (Å²) in [5.74, 6) is 0.117. The molecule has 1 aliphatic heterocycles. The molecule has 0 spiro atoms. The number of amides is 1. The number of nitrogens with zero attached hydrogens (tertiary/aromatic N) is 2. The molecule has 1 aliphatic rings. The maximum atomic E-state index is 12.8. The Labute approximate surface area is 169 Å². The van der Waals surface area contributed by atoms with Gasteiger partial charge in [0, 0.05) is 25.3 Å². The average Bonchev–Trinajstić information content (AvgIpc) is 2.97. The summed E-state index contributed by atoms with van der Waals surface area (Å²) in [6, 6.07) is 7.26. The summed E-state index contributed by atoms with van der Waals surface area (Å²) in [6.07, 6.45) is -2.73. The Bertz CT molecular complexity index is 876. The normalized spacial score (nSPS) is 17.1. The summed E-state index contributed by atoms with van der Waals surface area (Å²) in [7, 11) is 0. The third kappa shape index (κ3) is 4.78. The molecule has 156 valence electrons. The van der Waals surface area contributed by atoms with Crippen LogP contribution in [0.3, 0.4) is 0 Å². The Morgan fingerprint density at radius 3 is 2.41 bits per heavy atom. The number of pyridine rings is 1. The molecule has 3 rings (SSSR count). The van der Waals surface area contributed by atoms with Crippen LogP contribution in [0.4, 0.5) is 13.2 Å². The van der Waals surface area contributed by atoms with Crippen LogP contribution in [0, 0.1) is 5.92 Å². The first kappa shape index (κ1) is 21.3. The zero-order valence-corrected chi connectivity index (χ0v) is 17.0. The lowest BCUT2D eigenvalue weighted by atomic mass is 9.99. The number of alkyl halides is 3. The van der Waals surface area contributed by atoms with Gasteiger partial charge in [-0.25, -0.2) is 0 Å². The Kier molecular flexibility index (Phi) is 5.98. The standard InChI is InChI=1S/C22H26F3N3O/c1-13(2)20-19-17(9-16(10-26-19)21(29)27-14(3)4)12-28(20)11-15-5-7-18(8-6-15)22(23,24)25/h5-10,13-14,20H,11-12H2,1-4H3,(H,27,29)/t20-/m0/s1. The second-order valence-electron chi connectivity index (χ2n) is 8.19. The van der Waals surface area contributed by atoms with Crippen molar-refractivity contribution in [2.75, 3.05) is 0 Å². The van der Waals surface area contributed by atoms with Crippen LogP contribution in [0.2, 0.25) is 0 Å².